The standard InChI is InChI=1S/C47H53FO13/c1-31(49)53-30-38-41(57-32(2)50)40(48)43(58-33(3)51)46(59-38)61-47(4)45(56-28-37-23-15-8-16-24-37)44(55-27-36-21-13-7-14-22-36)42(54-26-35-19-11-6-12-20-35)39(60-47)29-52-25-34-17-9-5-10-18-34/h5-24,38-46H,25-30H2,1-4H3. The molecule has 0 spiro atoms. The van der Waals surface area contributed by atoms with Crippen molar-refractivity contribution >= 4 is 17.9 Å². The third kappa shape index (κ3) is 13.0. The zero-order valence-electron chi connectivity index (χ0n) is 34.7. The number of ether oxygens (including phenoxy) is 10. The van der Waals surface area contributed by atoms with Gasteiger partial charge in [-0.2, -0.15) is 0 Å². The molecule has 4 aromatic carbocycles. The number of carbonyl (C=O) groups excluding carboxylic acids is 3. The SMILES string of the molecule is CC(=O)OCC1OC(OC2(C)OC(COCc3ccccc3)C(OCc3ccccc3)C(OCc3ccccc3)C2OCc2ccccc2)C(OC(C)=O)C(F)C1OC(C)=O. The summed E-state index contributed by atoms with van der Waals surface area (Å²) in [7, 11) is 0. The molecule has 2 aliphatic heterocycles. The molecule has 326 valence electrons. The van der Waals surface area contributed by atoms with Crippen molar-refractivity contribution in [3.05, 3.63) is 144 Å². The summed E-state index contributed by atoms with van der Waals surface area (Å²) in [4.78, 5) is 36.6. The molecule has 0 radical (unpaired) electrons. The van der Waals surface area contributed by atoms with E-state index in [0.717, 1.165) is 36.1 Å². The molecule has 2 heterocycles. The van der Waals surface area contributed by atoms with Crippen LogP contribution in [0.25, 0.3) is 0 Å². The smallest absolute Gasteiger partial charge is 0.303 e. The second-order valence-corrected chi connectivity index (χ2v) is 15.0. The van der Waals surface area contributed by atoms with Crippen molar-refractivity contribution < 1.29 is 66.1 Å². The summed E-state index contributed by atoms with van der Waals surface area (Å²) in [5.41, 5.74) is 3.51. The zero-order valence-corrected chi connectivity index (χ0v) is 34.7. The summed E-state index contributed by atoms with van der Waals surface area (Å²) in [6.45, 7) is 5.05. The second kappa shape index (κ2) is 22.2. The summed E-state index contributed by atoms with van der Waals surface area (Å²) in [6.07, 6.45) is -12.5. The van der Waals surface area contributed by atoms with Crippen LogP contribution in [0.5, 0.6) is 0 Å². The van der Waals surface area contributed by atoms with Gasteiger partial charge in [0, 0.05) is 20.8 Å². The van der Waals surface area contributed by atoms with Crippen LogP contribution in [0.15, 0.2) is 121 Å². The first kappa shape index (κ1) is 45.5. The van der Waals surface area contributed by atoms with Gasteiger partial charge in [-0.15, -0.1) is 0 Å². The van der Waals surface area contributed by atoms with E-state index >= 15 is 4.39 Å². The summed E-state index contributed by atoms with van der Waals surface area (Å²) in [6, 6.07) is 38.3. The number of hydrogen-bond donors (Lipinski definition) is 0. The average molecular weight is 845 g/mol. The van der Waals surface area contributed by atoms with Crippen molar-refractivity contribution in [1.29, 1.82) is 0 Å². The summed E-state index contributed by atoms with van der Waals surface area (Å²) in [5.74, 6) is -4.26. The Labute approximate surface area is 355 Å². The number of carbonyl (C=O) groups is 3. The van der Waals surface area contributed by atoms with Crippen molar-refractivity contribution in [3.63, 3.8) is 0 Å². The van der Waals surface area contributed by atoms with E-state index in [9.17, 15) is 14.4 Å². The van der Waals surface area contributed by atoms with Gasteiger partial charge in [-0.25, -0.2) is 4.39 Å². The molecule has 2 fully saturated rings. The van der Waals surface area contributed by atoms with Gasteiger partial charge in [-0.3, -0.25) is 14.4 Å². The van der Waals surface area contributed by atoms with E-state index in [4.69, 9.17) is 47.4 Å². The van der Waals surface area contributed by atoms with Crippen molar-refractivity contribution in [2.24, 2.45) is 0 Å². The Morgan fingerprint density at radius 2 is 1.02 bits per heavy atom. The van der Waals surface area contributed by atoms with E-state index < -0.39 is 85.5 Å². The van der Waals surface area contributed by atoms with Gasteiger partial charge in [0.2, 0.25) is 6.29 Å². The Bertz CT molecular complexity index is 1950. The number of alkyl halides is 1. The second-order valence-electron chi connectivity index (χ2n) is 15.0. The van der Waals surface area contributed by atoms with Crippen LogP contribution in [-0.2, 0) is 88.2 Å². The molecule has 0 amide bonds. The molecule has 0 aromatic heterocycles. The van der Waals surface area contributed by atoms with Crippen LogP contribution in [0, 0.1) is 0 Å². The highest BCUT2D eigenvalue weighted by Crippen LogP contribution is 2.41. The first-order valence-corrected chi connectivity index (χ1v) is 20.2. The van der Waals surface area contributed by atoms with Crippen molar-refractivity contribution in [1.82, 2.24) is 0 Å². The third-order valence-electron chi connectivity index (χ3n) is 10.1. The Hall–Kier alpha value is -5.06. The highest BCUT2D eigenvalue weighted by molar-refractivity contribution is 5.67. The number of halogens is 1. The third-order valence-corrected chi connectivity index (χ3v) is 10.1. The molecule has 0 bridgehead atoms. The lowest BCUT2D eigenvalue weighted by molar-refractivity contribution is -0.424. The van der Waals surface area contributed by atoms with Gasteiger partial charge in [0.25, 0.3) is 0 Å². The molecule has 61 heavy (non-hydrogen) atoms. The Morgan fingerprint density at radius 3 is 1.51 bits per heavy atom. The minimum atomic E-state index is -2.19. The molecule has 2 saturated heterocycles. The van der Waals surface area contributed by atoms with Gasteiger partial charge in [-0.05, 0) is 29.2 Å². The lowest BCUT2D eigenvalue weighted by atomic mass is 9.91. The molecule has 6 rings (SSSR count). The van der Waals surface area contributed by atoms with Gasteiger partial charge in [0.15, 0.2) is 24.2 Å². The molecular weight excluding hydrogens is 792 g/mol. The van der Waals surface area contributed by atoms with Gasteiger partial charge in [0.05, 0.1) is 33.0 Å². The van der Waals surface area contributed by atoms with Crippen LogP contribution in [0.2, 0.25) is 0 Å². The number of esters is 3. The molecule has 4 aromatic rings. The summed E-state index contributed by atoms with van der Waals surface area (Å²) >= 11 is 0. The molecule has 14 heteroatoms. The maximum Gasteiger partial charge on any atom is 0.303 e. The van der Waals surface area contributed by atoms with Crippen LogP contribution in [0.1, 0.15) is 49.9 Å². The fraction of sp³-hybridized carbons (Fsp3) is 0.426. The maximum absolute atomic E-state index is 16.7. The molecular formula is C47H53FO13. The van der Waals surface area contributed by atoms with Crippen LogP contribution in [0.4, 0.5) is 4.39 Å². The summed E-state index contributed by atoms with van der Waals surface area (Å²) in [5, 5.41) is 0. The first-order chi connectivity index (χ1) is 29.5. The van der Waals surface area contributed by atoms with Gasteiger partial charge < -0.3 is 47.4 Å². The van der Waals surface area contributed by atoms with Crippen molar-refractivity contribution in [3.8, 4) is 0 Å². The van der Waals surface area contributed by atoms with Crippen LogP contribution in [0.3, 0.4) is 0 Å². The van der Waals surface area contributed by atoms with Crippen molar-refractivity contribution in [2.45, 2.75) is 115 Å². The number of rotatable bonds is 19. The van der Waals surface area contributed by atoms with E-state index in [1.807, 2.05) is 121 Å². The predicted molar refractivity (Wildman–Crippen MR) is 217 cm³/mol. The van der Waals surface area contributed by atoms with Crippen LogP contribution in [-0.4, -0.2) is 92.1 Å². The van der Waals surface area contributed by atoms with E-state index in [-0.39, 0.29) is 33.0 Å². The number of hydrogen-bond acceptors (Lipinski definition) is 13. The topological polar surface area (TPSA) is 144 Å². The molecule has 10 atom stereocenters. The van der Waals surface area contributed by atoms with E-state index in [2.05, 4.69) is 0 Å². The monoisotopic (exact) mass is 844 g/mol. The fourth-order valence-electron chi connectivity index (χ4n) is 7.31. The highest BCUT2D eigenvalue weighted by Gasteiger charge is 2.60. The van der Waals surface area contributed by atoms with E-state index in [0.29, 0.717) is 0 Å². The fourth-order valence-corrected chi connectivity index (χ4v) is 7.31. The lowest BCUT2D eigenvalue weighted by Crippen LogP contribution is -2.69. The molecule has 10 unspecified atom stereocenters. The predicted octanol–water partition coefficient (Wildman–Crippen LogP) is 6.58. The molecule has 2 aliphatic rings. The van der Waals surface area contributed by atoms with Crippen LogP contribution < -0.4 is 0 Å². The average Bonchev–Trinajstić information content (AvgIpc) is 3.25. The van der Waals surface area contributed by atoms with E-state index in [1.54, 1.807) is 6.92 Å². The summed E-state index contributed by atoms with van der Waals surface area (Å²) < 4.78 is 79.3. The minimum Gasteiger partial charge on any atom is -0.463 e. The normalized spacial score (nSPS) is 27.5. The Morgan fingerprint density at radius 1 is 0.557 bits per heavy atom. The Kier molecular flexibility index (Phi) is 16.5. The largest absolute Gasteiger partial charge is 0.463 e. The maximum atomic E-state index is 16.7. The van der Waals surface area contributed by atoms with Gasteiger partial charge in [-0.1, -0.05) is 121 Å². The minimum absolute atomic E-state index is 0.0157. The number of benzene rings is 4. The van der Waals surface area contributed by atoms with E-state index in [1.165, 1.54) is 6.92 Å². The zero-order chi connectivity index (χ0) is 43.2. The molecule has 0 N–H and O–H groups in total. The van der Waals surface area contributed by atoms with Crippen LogP contribution >= 0.6 is 0 Å². The highest BCUT2D eigenvalue weighted by atomic mass is 19.1. The van der Waals surface area contributed by atoms with Gasteiger partial charge in [0.1, 0.15) is 37.1 Å². The van der Waals surface area contributed by atoms with Crippen molar-refractivity contribution in [2.75, 3.05) is 13.2 Å². The quantitative estimate of drug-likeness (QED) is 0.0742. The Balaban J connectivity index is 1.41. The molecule has 0 saturated carbocycles. The van der Waals surface area contributed by atoms with Gasteiger partial charge >= 0.3 is 17.9 Å². The molecule has 13 nitrogen and oxygen atoms in total. The molecule has 0 aliphatic carbocycles. The first-order valence-electron chi connectivity index (χ1n) is 20.2. The lowest BCUT2D eigenvalue weighted by Gasteiger charge is -2.53.